The Morgan fingerprint density at radius 1 is 1.04 bits per heavy atom. The lowest BCUT2D eigenvalue weighted by molar-refractivity contribution is 0.108. The van der Waals surface area contributed by atoms with Gasteiger partial charge in [-0.15, -0.1) is 0 Å². The van der Waals surface area contributed by atoms with Gasteiger partial charge in [-0.3, -0.25) is 9.88 Å². The zero-order valence-corrected chi connectivity index (χ0v) is 15.0. The van der Waals surface area contributed by atoms with E-state index < -0.39 is 0 Å². The molecule has 25 heavy (non-hydrogen) atoms. The van der Waals surface area contributed by atoms with Crippen molar-refractivity contribution in [2.24, 2.45) is 0 Å². The van der Waals surface area contributed by atoms with Gasteiger partial charge >= 0.3 is 0 Å². The summed E-state index contributed by atoms with van der Waals surface area (Å²) in [5.74, 6) is 0.999. The number of nitrogens with zero attached hydrogens (tertiary/aromatic N) is 3. The summed E-state index contributed by atoms with van der Waals surface area (Å²) >= 11 is 0. The van der Waals surface area contributed by atoms with Crippen molar-refractivity contribution >= 4 is 0 Å². The highest BCUT2D eigenvalue weighted by Crippen LogP contribution is 2.39. The molecular weight excluding hydrogens is 310 g/mol. The van der Waals surface area contributed by atoms with Gasteiger partial charge in [0.15, 0.2) is 0 Å². The van der Waals surface area contributed by atoms with Crippen molar-refractivity contribution in [3.8, 4) is 5.75 Å². The highest BCUT2D eigenvalue weighted by Gasteiger charge is 2.31. The van der Waals surface area contributed by atoms with Gasteiger partial charge in [0, 0.05) is 37.9 Å². The van der Waals surface area contributed by atoms with Gasteiger partial charge in [0.25, 0.3) is 0 Å². The lowest BCUT2D eigenvalue weighted by Gasteiger charge is -2.39. The molecule has 4 nitrogen and oxygen atoms in total. The van der Waals surface area contributed by atoms with E-state index in [1.54, 1.807) is 0 Å². The molecule has 4 heteroatoms. The third-order valence-corrected chi connectivity index (χ3v) is 5.40. The first-order valence-electron chi connectivity index (χ1n) is 9.48. The minimum atomic E-state index is 0.246. The van der Waals surface area contributed by atoms with Gasteiger partial charge in [-0.1, -0.05) is 37.6 Å². The summed E-state index contributed by atoms with van der Waals surface area (Å²) in [6.45, 7) is 8.54. The molecule has 1 aromatic heterocycles. The number of piperazine rings is 1. The van der Waals surface area contributed by atoms with Crippen molar-refractivity contribution in [3.05, 3.63) is 59.4 Å². The van der Waals surface area contributed by atoms with E-state index in [9.17, 15) is 0 Å². The van der Waals surface area contributed by atoms with Crippen LogP contribution in [0.15, 0.2) is 42.6 Å². The van der Waals surface area contributed by atoms with Crippen molar-refractivity contribution in [1.29, 1.82) is 0 Å². The number of rotatable bonds is 4. The van der Waals surface area contributed by atoms with Crippen LogP contribution in [0.2, 0.25) is 0 Å². The summed E-state index contributed by atoms with van der Waals surface area (Å²) in [4.78, 5) is 9.81. The molecule has 1 fully saturated rings. The van der Waals surface area contributed by atoms with Gasteiger partial charge in [-0.25, -0.2) is 0 Å². The Morgan fingerprint density at radius 2 is 1.84 bits per heavy atom. The minimum absolute atomic E-state index is 0.246. The molecule has 1 saturated heterocycles. The molecule has 2 aromatic rings. The van der Waals surface area contributed by atoms with E-state index in [4.69, 9.17) is 4.74 Å². The maximum absolute atomic E-state index is 6.07. The molecule has 0 spiro atoms. The van der Waals surface area contributed by atoms with Crippen LogP contribution < -0.4 is 4.74 Å². The van der Waals surface area contributed by atoms with Gasteiger partial charge in [-0.2, -0.15) is 0 Å². The lowest BCUT2D eigenvalue weighted by Crippen LogP contribution is -2.48. The van der Waals surface area contributed by atoms with E-state index in [0.717, 1.165) is 37.6 Å². The number of benzene rings is 1. The molecule has 0 saturated carbocycles. The van der Waals surface area contributed by atoms with Gasteiger partial charge in [0.1, 0.15) is 12.4 Å². The van der Waals surface area contributed by atoms with E-state index in [2.05, 4.69) is 58.1 Å². The third-order valence-electron chi connectivity index (χ3n) is 5.40. The van der Waals surface area contributed by atoms with Crippen LogP contribution >= 0.6 is 0 Å². The molecule has 1 aromatic carbocycles. The number of fused-ring (bicyclic) bond motifs is 2. The molecule has 2 aliphatic heterocycles. The van der Waals surface area contributed by atoms with Gasteiger partial charge in [0.2, 0.25) is 0 Å². The van der Waals surface area contributed by atoms with Crippen LogP contribution in [0.4, 0.5) is 0 Å². The van der Waals surface area contributed by atoms with Crippen LogP contribution in [0.3, 0.4) is 0 Å². The van der Waals surface area contributed by atoms with Gasteiger partial charge < -0.3 is 9.64 Å². The summed E-state index contributed by atoms with van der Waals surface area (Å²) in [6.07, 6.45) is 4.44. The fourth-order valence-corrected chi connectivity index (χ4v) is 3.99. The second-order valence-electron chi connectivity index (χ2n) is 7.00. The fourth-order valence-electron chi connectivity index (χ4n) is 3.99. The number of hydrogen-bond acceptors (Lipinski definition) is 4. The average Bonchev–Trinajstić information content (AvgIpc) is 2.84. The Balaban J connectivity index is 1.62. The highest BCUT2D eigenvalue weighted by molar-refractivity contribution is 5.44. The van der Waals surface area contributed by atoms with E-state index in [0.29, 0.717) is 6.61 Å². The van der Waals surface area contributed by atoms with Gasteiger partial charge in [0.05, 0.1) is 11.7 Å². The number of ether oxygens (including phenoxy) is 1. The second kappa shape index (κ2) is 7.54. The van der Waals surface area contributed by atoms with Crippen molar-refractivity contribution in [1.82, 2.24) is 14.8 Å². The molecule has 0 aliphatic carbocycles. The monoisotopic (exact) mass is 337 g/mol. The molecule has 0 bridgehead atoms. The lowest BCUT2D eigenvalue weighted by atomic mass is 9.95. The first kappa shape index (κ1) is 16.6. The second-order valence-corrected chi connectivity index (χ2v) is 7.00. The fraction of sp³-hybridized carbons (Fsp3) is 0.476. The zero-order chi connectivity index (χ0) is 17.1. The molecule has 2 aliphatic rings. The predicted molar refractivity (Wildman–Crippen MR) is 99.8 cm³/mol. The molecule has 0 radical (unpaired) electrons. The smallest absolute Gasteiger partial charge is 0.131 e. The average molecular weight is 337 g/mol. The standard InChI is InChI=1S/C21H27N3O/c1-2-3-11-23-12-14-24(15-13-23)21-17-8-6-10-22-19(17)16-25-20-9-5-4-7-18(20)21/h4-10,21H,2-3,11-16H2,1H3. The van der Waals surface area contributed by atoms with E-state index in [1.165, 1.54) is 30.5 Å². The summed E-state index contributed by atoms with van der Waals surface area (Å²) in [6, 6.07) is 13.0. The first-order valence-corrected chi connectivity index (χ1v) is 9.48. The quantitative estimate of drug-likeness (QED) is 0.854. The van der Waals surface area contributed by atoms with Crippen LogP contribution in [0.1, 0.15) is 42.6 Å². The molecule has 0 N–H and O–H groups in total. The third kappa shape index (κ3) is 3.42. The number of para-hydroxylation sites is 1. The Morgan fingerprint density at radius 3 is 2.68 bits per heavy atom. The topological polar surface area (TPSA) is 28.6 Å². The predicted octanol–water partition coefficient (Wildman–Crippen LogP) is 3.48. The summed E-state index contributed by atoms with van der Waals surface area (Å²) in [5, 5.41) is 0. The van der Waals surface area contributed by atoms with Crippen molar-refractivity contribution in [2.45, 2.75) is 32.4 Å². The molecule has 1 atom stereocenters. The molecule has 1 unspecified atom stereocenters. The SMILES string of the molecule is CCCCN1CCN(C2c3ccccc3OCc3ncccc32)CC1. The number of pyridine rings is 1. The Hall–Kier alpha value is -1.91. The Kier molecular flexibility index (Phi) is 4.99. The summed E-state index contributed by atoms with van der Waals surface area (Å²) in [7, 11) is 0. The van der Waals surface area contributed by atoms with Crippen molar-refractivity contribution in [3.63, 3.8) is 0 Å². The zero-order valence-electron chi connectivity index (χ0n) is 15.0. The van der Waals surface area contributed by atoms with E-state index in [-0.39, 0.29) is 6.04 Å². The van der Waals surface area contributed by atoms with E-state index >= 15 is 0 Å². The van der Waals surface area contributed by atoms with Crippen molar-refractivity contribution in [2.75, 3.05) is 32.7 Å². The Labute approximate surface area is 150 Å². The van der Waals surface area contributed by atoms with Gasteiger partial charge in [-0.05, 0) is 30.7 Å². The molecule has 132 valence electrons. The van der Waals surface area contributed by atoms with Crippen molar-refractivity contribution < 1.29 is 4.74 Å². The molecular formula is C21H27N3O. The summed E-state index contributed by atoms with van der Waals surface area (Å²) in [5.41, 5.74) is 3.64. The van der Waals surface area contributed by atoms with Crippen LogP contribution in [0, 0.1) is 0 Å². The number of hydrogen-bond donors (Lipinski definition) is 0. The highest BCUT2D eigenvalue weighted by atomic mass is 16.5. The Bertz CT molecular complexity index is 662. The first-order chi connectivity index (χ1) is 12.4. The maximum Gasteiger partial charge on any atom is 0.131 e. The molecule has 3 heterocycles. The number of unbranched alkanes of at least 4 members (excludes halogenated alkanes) is 1. The summed E-state index contributed by atoms with van der Waals surface area (Å²) < 4.78 is 6.07. The van der Waals surface area contributed by atoms with E-state index in [1.807, 2.05) is 6.20 Å². The maximum atomic E-state index is 6.07. The minimum Gasteiger partial charge on any atom is -0.487 e. The van der Waals surface area contributed by atoms with Crippen LogP contribution in [0.5, 0.6) is 5.75 Å². The number of aromatic nitrogens is 1. The molecule has 4 rings (SSSR count). The van der Waals surface area contributed by atoms with Crippen LogP contribution in [0.25, 0.3) is 0 Å². The van der Waals surface area contributed by atoms with Crippen LogP contribution in [-0.2, 0) is 6.61 Å². The molecule has 0 amide bonds. The van der Waals surface area contributed by atoms with Crippen LogP contribution in [-0.4, -0.2) is 47.5 Å². The largest absolute Gasteiger partial charge is 0.487 e. The normalized spacial score (nSPS) is 21.1.